The van der Waals surface area contributed by atoms with Crippen LogP contribution in [-0.2, 0) is 4.79 Å². The van der Waals surface area contributed by atoms with Gasteiger partial charge in [0.2, 0.25) is 5.91 Å². The van der Waals surface area contributed by atoms with Gasteiger partial charge in [-0.2, -0.15) is 0 Å². The first-order valence-electron chi connectivity index (χ1n) is 8.18. The Bertz CT molecular complexity index is 285. The monoisotopic (exact) mass is 283 g/mol. The van der Waals surface area contributed by atoms with Crippen LogP contribution in [0.3, 0.4) is 0 Å². The standard InChI is InChI=1S/C16H33N3O/c1-5-8-19-9-6-15(7-10-19)18(4)16(20)14(12-17)11-13(2)3/h13-15H,5-12,17H2,1-4H3. The Labute approximate surface area is 124 Å². The molecule has 0 aliphatic carbocycles. The molecule has 0 bridgehead atoms. The van der Waals surface area contributed by atoms with Crippen molar-refractivity contribution in [3.05, 3.63) is 0 Å². The van der Waals surface area contributed by atoms with Gasteiger partial charge >= 0.3 is 0 Å². The molecule has 1 rings (SSSR count). The van der Waals surface area contributed by atoms with Crippen molar-refractivity contribution in [1.82, 2.24) is 9.80 Å². The van der Waals surface area contributed by atoms with Crippen molar-refractivity contribution in [2.24, 2.45) is 17.6 Å². The van der Waals surface area contributed by atoms with Crippen LogP contribution in [0.2, 0.25) is 0 Å². The van der Waals surface area contributed by atoms with E-state index in [1.807, 2.05) is 11.9 Å². The predicted octanol–water partition coefficient (Wildman–Crippen LogP) is 1.94. The van der Waals surface area contributed by atoms with E-state index in [4.69, 9.17) is 5.73 Å². The lowest BCUT2D eigenvalue weighted by Gasteiger charge is -2.38. The largest absolute Gasteiger partial charge is 0.342 e. The Balaban J connectivity index is 2.48. The molecule has 1 heterocycles. The van der Waals surface area contributed by atoms with Crippen LogP contribution >= 0.6 is 0 Å². The van der Waals surface area contributed by atoms with E-state index in [9.17, 15) is 4.79 Å². The van der Waals surface area contributed by atoms with Crippen LogP contribution in [0.25, 0.3) is 0 Å². The summed E-state index contributed by atoms with van der Waals surface area (Å²) in [6, 6.07) is 0.400. The smallest absolute Gasteiger partial charge is 0.226 e. The fourth-order valence-corrected chi connectivity index (χ4v) is 3.18. The summed E-state index contributed by atoms with van der Waals surface area (Å²) in [7, 11) is 1.96. The number of nitrogens with zero attached hydrogens (tertiary/aromatic N) is 2. The van der Waals surface area contributed by atoms with Gasteiger partial charge in [-0.25, -0.2) is 0 Å². The summed E-state index contributed by atoms with van der Waals surface area (Å²) in [5, 5.41) is 0. The average molecular weight is 283 g/mol. The molecule has 4 nitrogen and oxygen atoms in total. The van der Waals surface area contributed by atoms with E-state index in [2.05, 4.69) is 25.7 Å². The lowest BCUT2D eigenvalue weighted by Crippen LogP contribution is -2.48. The molecule has 1 amide bonds. The molecule has 1 saturated heterocycles. The Morgan fingerprint density at radius 3 is 2.40 bits per heavy atom. The topological polar surface area (TPSA) is 49.6 Å². The van der Waals surface area contributed by atoms with Gasteiger partial charge in [0.25, 0.3) is 0 Å². The SMILES string of the molecule is CCCN1CCC(N(C)C(=O)C(CN)CC(C)C)CC1. The van der Waals surface area contributed by atoms with Crippen LogP contribution in [0.1, 0.15) is 46.5 Å². The zero-order chi connectivity index (χ0) is 15.1. The molecule has 4 heteroatoms. The van der Waals surface area contributed by atoms with Crippen LogP contribution in [-0.4, -0.2) is 55.0 Å². The quantitative estimate of drug-likeness (QED) is 0.777. The number of carbonyl (C=O) groups excluding carboxylic acids is 1. The molecule has 0 radical (unpaired) electrons. The zero-order valence-corrected chi connectivity index (χ0v) is 13.8. The van der Waals surface area contributed by atoms with E-state index < -0.39 is 0 Å². The van der Waals surface area contributed by atoms with Gasteiger partial charge in [-0.1, -0.05) is 20.8 Å². The number of nitrogens with two attached hydrogens (primary N) is 1. The fraction of sp³-hybridized carbons (Fsp3) is 0.938. The molecule has 1 aliphatic heterocycles. The van der Waals surface area contributed by atoms with Crippen LogP contribution in [0.15, 0.2) is 0 Å². The third-order valence-corrected chi connectivity index (χ3v) is 4.38. The number of amides is 1. The van der Waals surface area contributed by atoms with Gasteiger partial charge < -0.3 is 15.5 Å². The molecule has 1 unspecified atom stereocenters. The highest BCUT2D eigenvalue weighted by Gasteiger charge is 2.29. The summed E-state index contributed by atoms with van der Waals surface area (Å²) >= 11 is 0. The highest BCUT2D eigenvalue weighted by Crippen LogP contribution is 2.20. The second-order valence-corrected chi connectivity index (χ2v) is 6.58. The molecule has 1 aliphatic rings. The molecule has 0 aromatic rings. The molecular weight excluding hydrogens is 250 g/mol. The van der Waals surface area contributed by atoms with Crippen molar-refractivity contribution in [3.63, 3.8) is 0 Å². The molecule has 118 valence electrons. The maximum atomic E-state index is 12.5. The molecular formula is C16H33N3O. The molecule has 2 N–H and O–H groups in total. The summed E-state index contributed by atoms with van der Waals surface area (Å²) < 4.78 is 0. The summed E-state index contributed by atoms with van der Waals surface area (Å²) in [6.07, 6.45) is 4.31. The summed E-state index contributed by atoms with van der Waals surface area (Å²) in [5.41, 5.74) is 5.80. The van der Waals surface area contributed by atoms with Crippen LogP contribution in [0.5, 0.6) is 0 Å². The number of piperidine rings is 1. The second-order valence-electron chi connectivity index (χ2n) is 6.58. The Kier molecular flexibility index (Phi) is 7.52. The average Bonchev–Trinajstić information content (AvgIpc) is 2.44. The van der Waals surface area contributed by atoms with Crippen molar-refractivity contribution in [3.8, 4) is 0 Å². The third kappa shape index (κ3) is 5.06. The normalized spacial score (nSPS) is 19.3. The highest BCUT2D eigenvalue weighted by molar-refractivity contribution is 5.79. The first-order valence-corrected chi connectivity index (χ1v) is 8.18. The third-order valence-electron chi connectivity index (χ3n) is 4.38. The van der Waals surface area contributed by atoms with Crippen LogP contribution in [0.4, 0.5) is 0 Å². The first kappa shape index (κ1) is 17.4. The second kappa shape index (κ2) is 8.63. The van der Waals surface area contributed by atoms with Gasteiger partial charge in [-0.3, -0.25) is 4.79 Å². The van der Waals surface area contributed by atoms with Crippen LogP contribution < -0.4 is 5.73 Å². The molecule has 1 fully saturated rings. The predicted molar refractivity (Wildman–Crippen MR) is 84.5 cm³/mol. The Hall–Kier alpha value is -0.610. The number of hydrogen-bond acceptors (Lipinski definition) is 3. The van der Waals surface area contributed by atoms with E-state index in [0.717, 1.165) is 32.4 Å². The lowest BCUT2D eigenvalue weighted by atomic mass is 9.94. The van der Waals surface area contributed by atoms with Gasteiger partial charge in [-0.15, -0.1) is 0 Å². The minimum absolute atomic E-state index is 0.00586. The summed E-state index contributed by atoms with van der Waals surface area (Å²) in [4.78, 5) is 17.0. The number of hydrogen-bond donors (Lipinski definition) is 1. The molecule has 0 spiro atoms. The molecule has 1 atom stereocenters. The molecule has 0 aromatic carbocycles. The zero-order valence-electron chi connectivity index (χ0n) is 13.8. The van der Waals surface area contributed by atoms with Gasteiger partial charge in [0, 0.05) is 32.7 Å². The van der Waals surface area contributed by atoms with Crippen molar-refractivity contribution >= 4 is 5.91 Å². The van der Waals surface area contributed by atoms with Crippen molar-refractivity contribution in [1.29, 1.82) is 0 Å². The minimum atomic E-state index is -0.00586. The van der Waals surface area contributed by atoms with Crippen molar-refractivity contribution in [2.75, 3.05) is 33.2 Å². The maximum absolute atomic E-state index is 12.5. The highest BCUT2D eigenvalue weighted by atomic mass is 16.2. The Morgan fingerprint density at radius 1 is 1.35 bits per heavy atom. The molecule has 0 aromatic heterocycles. The summed E-state index contributed by atoms with van der Waals surface area (Å²) in [6.45, 7) is 10.4. The van der Waals surface area contributed by atoms with Gasteiger partial charge in [-0.05, 0) is 38.1 Å². The maximum Gasteiger partial charge on any atom is 0.226 e. The molecule has 20 heavy (non-hydrogen) atoms. The van der Waals surface area contributed by atoms with Crippen molar-refractivity contribution < 1.29 is 4.79 Å². The van der Waals surface area contributed by atoms with Crippen molar-refractivity contribution in [2.45, 2.75) is 52.5 Å². The van der Waals surface area contributed by atoms with Crippen LogP contribution in [0, 0.1) is 11.8 Å². The number of rotatable bonds is 7. The summed E-state index contributed by atoms with van der Waals surface area (Å²) in [5.74, 6) is 0.760. The van der Waals surface area contributed by atoms with E-state index in [1.54, 1.807) is 0 Å². The van der Waals surface area contributed by atoms with Gasteiger partial charge in [0.15, 0.2) is 0 Å². The first-order chi connectivity index (χ1) is 9.49. The Morgan fingerprint density at radius 2 is 1.95 bits per heavy atom. The number of carbonyl (C=O) groups is 1. The van der Waals surface area contributed by atoms with Gasteiger partial charge in [0.1, 0.15) is 0 Å². The van der Waals surface area contributed by atoms with E-state index in [0.29, 0.717) is 18.5 Å². The fourth-order valence-electron chi connectivity index (χ4n) is 3.18. The van der Waals surface area contributed by atoms with E-state index in [1.165, 1.54) is 13.0 Å². The number of likely N-dealkylation sites (tertiary alicyclic amines) is 1. The van der Waals surface area contributed by atoms with E-state index in [-0.39, 0.29) is 11.8 Å². The lowest BCUT2D eigenvalue weighted by molar-refractivity contribution is -0.137. The minimum Gasteiger partial charge on any atom is -0.342 e. The van der Waals surface area contributed by atoms with Gasteiger partial charge in [0.05, 0.1) is 5.92 Å². The van der Waals surface area contributed by atoms with E-state index >= 15 is 0 Å². The molecule has 0 saturated carbocycles.